The standard InChI is InChI=1S/C28H32O17/c1-8-15(6-29)42-27(22(39)18(8)35)44-25-16(7-30)43-28(23(40)21(25)38)45-26-20(37)17-11(32)4-10(31)5-14(17)41-24(26)9-2-12(33)19(36)13(34)3-9/h2-5,8,15-16,18,21-23,25,27-36,38-40H,6-7H2,1H3/t8-,15+,16+,18-,21+,22+,23+,25+,27-,28-/m0/s1. The van der Waals surface area contributed by atoms with E-state index in [9.17, 15) is 61.0 Å². The summed E-state index contributed by atoms with van der Waals surface area (Å²) in [4.78, 5) is 13.6. The first-order valence-corrected chi connectivity index (χ1v) is 13.6. The second-order valence-corrected chi connectivity index (χ2v) is 10.8. The van der Waals surface area contributed by atoms with Crippen molar-refractivity contribution in [2.45, 2.75) is 62.2 Å². The topological polar surface area (TPSA) is 290 Å². The molecule has 0 unspecified atom stereocenters. The van der Waals surface area contributed by atoms with Crippen LogP contribution in [0.3, 0.4) is 0 Å². The minimum atomic E-state index is -2.05. The van der Waals surface area contributed by atoms with Crippen molar-refractivity contribution in [2.75, 3.05) is 13.2 Å². The zero-order chi connectivity index (χ0) is 32.9. The average Bonchev–Trinajstić information content (AvgIpc) is 2.99. The molecule has 2 aliphatic rings. The number of hydrogen-bond donors (Lipinski definition) is 11. The van der Waals surface area contributed by atoms with Crippen LogP contribution in [0.1, 0.15) is 6.92 Å². The summed E-state index contributed by atoms with van der Waals surface area (Å²) in [5.74, 6) is -5.84. The summed E-state index contributed by atoms with van der Waals surface area (Å²) in [6, 6.07) is 3.57. The quantitative estimate of drug-likeness (QED) is 0.128. The number of phenolic OH excluding ortho intramolecular Hbond substituents is 5. The molecule has 2 fully saturated rings. The average molecular weight is 641 g/mol. The Kier molecular flexibility index (Phi) is 9.00. The number of ether oxygens (including phenoxy) is 4. The fraction of sp³-hybridized carbons (Fsp3) is 0.464. The highest BCUT2D eigenvalue weighted by Gasteiger charge is 2.51. The minimum Gasteiger partial charge on any atom is -0.508 e. The highest BCUT2D eigenvalue weighted by Crippen LogP contribution is 2.43. The zero-order valence-corrected chi connectivity index (χ0v) is 23.4. The monoisotopic (exact) mass is 640 g/mol. The molecule has 0 spiro atoms. The van der Waals surface area contributed by atoms with E-state index in [1.165, 1.54) is 6.92 Å². The maximum Gasteiger partial charge on any atom is 0.239 e. The van der Waals surface area contributed by atoms with Gasteiger partial charge in [0.2, 0.25) is 17.5 Å². The molecule has 2 aromatic carbocycles. The molecule has 5 rings (SSSR count). The Morgan fingerprint density at radius 3 is 1.98 bits per heavy atom. The molecule has 246 valence electrons. The van der Waals surface area contributed by atoms with Gasteiger partial charge in [-0.25, -0.2) is 0 Å². The van der Waals surface area contributed by atoms with Crippen molar-refractivity contribution in [1.29, 1.82) is 0 Å². The molecule has 2 saturated heterocycles. The molecule has 3 heterocycles. The highest BCUT2D eigenvalue weighted by atomic mass is 16.7. The molecule has 3 aromatic rings. The minimum absolute atomic E-state index is 0.264. The Labute approximate surface area is 252 Å². The lowest BCUT2D eigenvalue weighted by Gasteiger charge is -2.46. The fourth-order valence-electron chi connectivity index (χ4n) is 5.28. The maximum atomic E-state index is 13.6. The van der Waals surface area contributed by atoms with Crippen LogP contribution in [0, 0.1) is 5.92 Å². The Hall–Kier alpha value is -3.91. The summed E-state index contributed by atoms with van der Waals surface area (Å²) in [6.45, 7) is 0.101. The van der Waals surface area contributed by atoms with Crippen LogP contribution in [-0.2, 0) is 14.2 Å². The lowest BCUT2D eigenvalue weighted by molar-refractivity contribution is -0.347. The van der Waals surface area contributed by atoms with Gasteiger partial charge in [-0.15, -0.1) is 0 Å². The van der Waals surface area contributed by atoms with E-state index in [1.807, 2.05) is 0 Å². The number of hydrogen-bond acceptors (Lipinski definition) is 17. The molecule has 0 aliphatic carbocycles. The van der Waals surface area contributed by atoms with Crippen molar-refractivity contribution in [1.82, 2.24) is 0 Å². The fourth-order valence-corrected chi connectivity index (χ4v) is 5.28. The van der Waals surface area contributed by atoms with E-state index in [4.69, 9.17) is 23.4 Å². The number of phenols is 5. The zero-order valence-electron chi connectivity index (χ0n) is 23.4. The van der Waals surface area contributed by atoms with Gasteiger partial charge in [-0.1, -0.05) is 6.92 Å². The van der Waals surface area contributed by atoms with Crippen molar-refractivity contribution in [2.24, 2.45) is 5.92 Å². The van der Waals surface area contributed by atoms with Crippen molar-refractivity contribution in [3.8, 4) is 45.8 Å². The molecule has 45 heavy (non-hydrogen) atoms. The largest absolute Gasteiger partial charge is 0.508 e. The lowest BCUT2D eigenvalue weighted by Crippen LogP contribution is -2.64. The summed E-state index contributed by atoms with van der Waals surface area (Å²) >= 11 is 0. The maximum absolute atomic E-state index is 13.6. The molecule has 0 amide bonds. The van der Waals surface area contributed by atoms with E-state index in [0.29, 0.717) is 0 Å². The van der Waals surface area contributed by atoms with Crippen LogP contribution < -0.4 is 10.2 Å². The van der Waals surface area contributed by atoms with Gasteiger partial charge in [0.15, 0.2) is 29.3 Å². The van der Waals surface area contributed by atoms with E-state index >= 15 is 0 Å². The first-order chi connectivity index (χ1) is 21.3. The van der Waals surface area contributed by atoms with Crippen molar-refractivity contribution in [3.63, 3.8) is 0 Å². The summed E-state index contributed by atoms with van der Waals surface area (Å²) in [5, 5.41) is 112. The van der Waals surface area contributed by atoms with Gasteiger partial charge in [0.05, 0.1) is 25.4 Å². The first kappa shape index (κ1) is 32.5. The molecular formula is C28H32O17. The SMILES string of the molecule is C[C@@H]1[C@H](O)[C@@H](O)[C@H](O[C@H]2[C@H](O)[C@@H](O)[C@H](Oc3c(-c4cc(O)c(O)c(O)c4)oc4cc(O)cc(O)c4c3=O)O[C@@H]2CO)O[C@@H]1CO. The van der Waals surface area contributed by atoms with Crippen LogP contribution in [0.15, 0.2) is 33.5 Å². The number of aromatic hydroxyl groups is 5. The van der Waals surface area contributed by atoms with Crippen LogP contribution in [-0.4, -0.2) is 125 Å². The summed E-state index contributed by atoms with van der Waals surface area (Å²) in [7, 11) is 0. The summed E-state index contributed by atoms with van der Waals surface area (Å²) < 4.78 is 28.1. The third-order valence-electron chi connectivity index (χ3n) is 7.84. The normalized spacial score (nSPS) is 32.1. The van der Waals surface area contributed by atoms with Crippen LogP contribution in [0.25, 0.3) is 22.3 Å². The number of aliphatic hydroxyl groups excluding tert-OH is 6. The Morgan fingerprint density at radius 1 is 0.756 bits per heavy atom. The molecule has 1 aromatic heterocycles. The molecule has 10 atom stereocenters. The summed E-state index contributed by atoms with van der Waals surface area (Å²) in [5.41, 5.74) is -1.74. The van der Waals surface area contributed by atoms with E-state index in [0.717, 1.165) is 24.3 Å². The van der Waals surface area contributed by atoms with Gasteiger partial charge >= 0.3 is 0 Å². The number of benzene rings is 2. The second kappa shape index (κ2) is 12.5. The molecule has 0 bridgehead atoms. The van der Waals surface area contributed by atoms with Gasteiger partial charge in [0.25, 0.3) is 0 Å². The third kappa shape index (κ3) is 5.81. The van der Waals surface area contributed by atoms with Gasteiger partial charge in [-0.3, -0.25) is 4.79 Å². The first-order valence-electron chi connectivity index (χ1n) is 13.6. The molecule has 17 nitrogen and oxygen atoms in total. The van der Waals surface area contributed by atoms with Crippen LogP contribution in [0.4, 0.5) is 0 Å². The van der Waals surface area contributed by atoms with E-state index in [1.54, 1.807) is 0 Å². The predicted octanol–water partition coefficient (Wildman–Crippen LogP) is -1.73. The van der Waals surface area contributed by atoms with E-state index in [2.05, 4.69) is 0 Å². The Bertz CT molecular complexity index is 1580. The van der Waals surface area contributed by atoms with Gasteiger partial charge in [-0.2, -0.15) is 0 Å². The molecule has 0 saturated carbocycles. The van der Waals surface area contributed by atoms with Crippen molar-refractivity contribution in [3.05, 3.63) is 34.5 Å². The summed E-state index contributed by atoms with van der Waals surface area (Å²) in [6.07, 6.45) is -14.8. The molecule has 0 radical (unpaired) electrons. The molecule has 2 aliphatic heterocycles. The predicted molar refractivity (Wildman–Crippen MR) is 146 cm³/mol. The van der Waals surface area contributed by atoms with Crippen molar-refractivity contribution >= 4 is 11.0 Å². The van der Waals surface area contributed by atoms with E-state index < -0.39 is 126 Å². The number of fused-ring (bicyclic) bond motifs is 1. The van der Waals surface area contributed by atoms with Crippen molar-refractivity contribution < 1.29 is 79.5 Å². The third-order valence-corrected chi connectivity index (χ3v) is 7.84. The Morgan fingerprint density at radius 2 is 1.36 bits per heavy atom. The highest BCUT2D eigenvalue weighted by molar-refractivity contribution is 5.88. The van der Waals surface area contributed by atoms with Crippen LogP contribution in [0.2, 0.25) is 0 Å². The molecule has 17 heteroatoms. The van der Waals surface area contributed by atoms with Gasteiger partial charge in [-0.05, 0) is 12.1 Å². The van der Waals surface area contributed by atoms with Gasteiger partial charge in [0, 0.05) is 23.6 Å². The van der Waals surface area contributed by atoms with Gasteiger partial charge in [0.1, 0.15) is 53.0 Å². The number of rotatable bonds is 7. The van der Waals surface area contributed by atoms with Crippen LogP contribution in [0.5, 0.6) is 34.5 Å². The van der Waals surface area contributed by atoms with Crippen LogP contribution >= 0.6 is 0 Å². The van der Waals surface area contributed by atoms with E-state index in [-0.39, 0.29) is 11.1 Å². The Balaban J connectivity index is 1.51. The second-order valence-electron chi connectivity index (χ2n) is 10.8. The molecule has 11 N–H and O–H groups in total. The smallest absolute Gasteiger partial charge is 0.239 e. The number of aliphatic hydroxyl groups is 6. The lowest BCUT2D eigenvalue weighted by atomic mass is 9.91. The molecular weight excluding hydrogens is 608 g/mol. The van der Waals surface area contributed by atoms with Gasteiger partial charge < -0.3 is 79.5 Å².